The number of nitrogens with zero attached hydrogens (tertiary/aromatic N) is 3. The molecule has 0 unspecified atom stereocenters. The van der Waals surface area contributed by atoms with E-state index in [2.05, 4.69) is 34.3 Å². The van der Waals surface area contributed by atoms with Gasteiger partial charge in [-0.15, -0.1) is 0 Å². The van der Waals surface area contributed by atoms with Crippen LogP contribution in [0.2, 0.25) is 0 Å². The summed E-state index contributed by atoms with van der Waals surface area (Å²) in [6, 6.07) is 16.0. The van der Waals surface area contributed by atoms with Gasteiger partial charge in [0, 0.05) is 23.6 Å². The Morgan fingerprint density at radius 2 is 1.86 bits per heavy atom. The number of carbonyl (C=O) groups is 1. The Hall–Kier alpha value is -3.21. The Kier molecular flexibility index (Phi) is 4.82. The van der Waals surface area contributed by atoms with Gasteiger partial charge in [-0.05, 0) is 62.9 Å². The molecule has 4 rings (SSSR count). The van der Waals surface area contributed by atoms with Crippen LogP contribution < -0.4 is 10.2 Å². The standard InChI is InChI=1S/C23H24N4O/c1-15-10-11-19(16(2)13-15)25-23-24-17(3)14-20(26-23)22(28)27-12-6-8-18-7-4-5-9-21(18)27/h4-5,7,9-11,13-14H,6,8,12H2,1-3H3,(H,24,25,26). The Morgan fingerprint density at radius 3 is 2.68 bits per heavy atom. The number of fused-ring (bicyclic) bond motifs is 1. The zero-order chi connectivity index (χ0) is 19.7. The predicted octanol–water partition coefficient (Wildman–Crippen LogP) is 4.74. The lowest BCUT2D eigenvalue weighted by Gasteiger charge is -2.29. The number of aromatic nitrogens is 2. The lowest BCUT2D eigenvalue weighted by atomic mass is 10.0. The van der Waals surface area contributed by atoms with Crippen molar-refractivity contribution in [3.63, 3.8) is 0 Å². The van der Waals surface area contributed by atoms with Crippen LogP contribution in [0.4, 0.5) is 17.3 Å². The van der Waals surface area contributed by atoms with Gasteiger partial charge >= 0.3 is 0 Å². The summed E-state index contributed by atoms with van der Waals surface area (Å²) in [5.74, 6) is 0.363. The van der Waals surface area contributed by atoms with Crippen LogP contribution in [-0.2, 0) is 6.42 Å². The number of para-hydroxylation sites is 1. The molecule has 0 atom stereocenters. The number of anilines is 3. The van der Waals surface area contributed by atoms with Crippen molar-refractivity contribution in [2.45, 2.75) is 33.6 Å². The van der Waals surface area contributed by atoms with Gasteiger partial charge in [-0.3, -0.25) is 4.79 Å². The van der Waals surface area contributed by atoms with Crippen molar-refractivity contribution < 1.29 is 4.79 Å². The van der Waals surface area contributed by atoms with Crippen molar-refractivity contribution in [2.75, 3.05) is 16.8 Å². The van der Waals surface area contributed by atoms with E-state index in [1.54, 1.807) is 6.07 Å². The van der Waals surface area contributed by atoms with E-state index in [9.17, 15) is 4.79 Å². The summed E-state index contributed by atoms with van der Waals surface area (Å²) in [5, 5.41) is 3.26. The second-order valence-corrected chi connectivity index (χ2v) is 7.35. The molecule has 1 aliphatic heterocycles. The third kappa shape index (κ3) is 3.60. The molecule has 0 spiro atoms. The highest BCUT2D eigenvalue weighted by Gasteiger charge is 2.24. The van der Waals surface area contributed by atoms with E-state index in [1.807, 2.05) is 49.1 Å². The fraction of sp³-hybridized carbons (Fsp3) is 0.261. The maximum absolute atomic E-state index is 13.2. The molecule has 5 nitrogen and oxygen atoms in total. The van der Waals surface area contributed by atoms with E-state index in [-0.39, 0.29) is 5.91 Å². The molecule has 0 aliphatic carbocycles. The fourth-order valence-corrected chi connectivity index (χ4v) is 3.69. The summed E-state index contributed by atoms with van der Waals surface area (Å²) >= 11 is 0. The first kappa shape index (κ1) is 18.2. The zero-order valence-corrected chi connectivity index (χ0v) is 16.5. The van der Waals surface area contributed by atoms with Crippen LogP contribution in [-0.4, -0.2) is 22.4 Å². The number of aryl methyl sites for hydroxylation is 4. The van der Waals surface area contributed by atoms with E-state index in [0.29, 0.717) is 18.2 Å². The van der Waals surface area contributed by atoms with Gasteiger partial charge in [0.05, 0.1) is 0 Å². The first-order valence-electron chi connectivity index (χ1n) is 9.61. The molecular formula is C23H24N4O. The highest BCUT2D eigenvalue weighted by molar-refractivity contribution is 6.05. The number of hydrogen-bond acceptors (Lipinski definition) is 4. The van der Waals surface area contributed by atoms with E-state index in [4.69, 9.17) is 0 Å². The summed E-state index contributed by atoms with van der Waals surface area (Å²) in [6.45, 7) is 6.70. The van der Waals surface area contributed by atoms with Gasteiger partial charge in [0.25, 0.3) is 5.91 Å². The average Bonchev–Trinajstić information content (AvgIpc) is 2.69. The van der Waals surface area contributed by atoms with Crippen molar-refractivity contribution in [3.8, 4) is 0 Å². The second kappa shape index (κ2) is 7.43. The molecule has 28 heavy (non-hydrogen) atoms. The SMILES string of the molecule is Cc1ccc(Nc2nc(C)cc(C(=O)N3CCCc4ccccc43)n2)c(C)c1. The molecule has 0 saturated heterocycles. The molecule has 3 aromatic rings. The highest BCUT2D eigenvalue weighted by atomic mass is 16.2. The van der Waals surface area contributed by atoms with Crippen molar-refractivity contribution in [1.82, 2.24) is 9.97 Å². The Labute approximate surface area is 165 Å². The molecule has 1 N–H and O–H groups in total. The molecule has 0 fully saturated rings. The fourth-order valence-electron chi connectivity index (χ4n) is 3.69. The van der Waals surface area contributed by atoms with Crippen molar-refractivity contribution in [3.05, 3.63) is 76.6 Å². The summed E-state index contributed by atoms with van der Waals surface area (Å²) in [4.78, 5) is 24.1. The van der Waals surface area contributed by atoms with E-state index in [0.717, 1.165) is 35.5 Å². The number of amides is 1. The predicted molar refractivity (Wildman–Crippen MR) is 112 cm³/mol. The third-order valence-corrected chi connectivity index (χ3v) is 5.06. The molecule has 1 amide bonds. The molecule has 142 valence electrons. The van der Waals surface area contributed by atoms with Gasteiger partial charge in [-0.2, -0.15) is 0 Å². The third-order valence-electron chi connectivity index (χ3n) is 5.06. The smallest absolute Gasteiger partial charge is 0.277 e. The van der Waals surface area contributed by atoms with Gasteiger partial charge < -0.3 is 10.2 Å². The molecule has 2 heterocycles. The van der Waals surface area contributed by atoms with Crippen molar-refractivity contribution in [2.24, 2.45) is 0 Å². The van der Waals surface area contributed by atoms with E-state index in [1.165, 1.54) is 11.1 Å². The topological polar surface area (TPSA) is 58.1 Å². The van der Waals surface area contributed by atoms with E-state index >= 15 is 0 Å². The van der Waals surface area contributed by atoms with Crippen LogP contribution in [0.25, 0.3) is 0 Å². The maximum atomic E-state index is 13.2. The molecule has 1 aromatic heterocycles. The lowest BCUT2D eigenvalue weighted by Crippen LogP contribution is -2.36. The van der Waals surface area contributed by atoms with Crippen molar-refractivity contribution >= 4 is 23.2 Å². The second-order valence-electron chi connectivity index (χ2n) is 7.35. The molecular weight excluding hydrogens is 348 g/mol. The Morgan fingerprint density at radius 1 is 1.04 bits per heavy atom. The average molecular weight is 372 g/mol. The molecule has 0 radical (unpaired) electrons. The largest absolute Gasteiger partial charge is 0.324 e. The number of benzene rings is 2. The van der Waals surface area contributed by atoms with Gasteiger partial charge in [0.1, 0.15) is 5.69 Å². The maximum Gasteiger partial charge on any atom is 0.277 e. The quantitative estimate of drug-likeness (QED) is 0.721. The number of rotatable bonds is 3. The summed E-state index contributed by atoms with van der Waals surface area (Å²) < 4.78 is 0. The minimum atomic E-state index is -0.0821. The summed E-state index contributed by atoms with van der Waals surface area (Å²) in [5.41, 5.74) is 6.63. The Bertz CT molecular complexity index is 1040. The summed E-state index contributed by atoms with van der Waals surface area (Å²) in [7, 11) is 0. The first-order valence-corrected chi connectivity index (χ1v) is 9.61. The zero-order valence-electron chi connectivity index (χ0n) is 16.5. The molecule has 5 heteroatoms. The van der Waals surface area contributed by atoms with Crippen LogP contribution in [0.3, 0.4) is 0 Å². The van der Waals surface area contributed by atoms with Crippen LogP contribution >= 0.6 is 0 Å². The molecule has 0 saturated carbocycles. The minimum absolute atomic E-state index is 0.0821. The first-order chi connectivity index (χ1) is 13.5. The normalized spacial score (nSPS) is 13.2. The number of nitrogens with one attached hydrogen (secondary N) is 1. The molecule has 1 aliphatic rings. The van der Waals surface area contributed by atoms with Crippen molar-refractivity contribution in [1.29, 1.82) is 0 Å². The summed E-state index contributed by atoms with van der Waals surface area (Å²) in [6.07, 6.45) is 1.96. The van der Waals surface area contributed by atoms with Gasteiger partial charge in [0.2, 0.25) is 5.95 Å². The molecule has 0 bridgehead atoms. The van der Waals surface area contributed by atoms with Crippen LogP contribution in [0, 0.1) is 20.8 Å². The van der Waals surface area contributed by atoms with E-state index < -0.39 is 0 Å². The van der Waals surface area contributed by atoms with Crippen LogP contribution in [0.15, 0.2) is 48.5 Å². The number of hydrogen-bond donors (Lipinski definition) is 1. The number of carbonyl (C=O) groups excluding carboxylic acids is 1. The Balaban J connectivity index is 1.65. The van der Waals surface area contributed by atoms with Crippen LogP contribution in [0.1, 0.15) is 39.3 Å². The highest BCUT2D eigenvalue weighted by Crippen LogP contribution is 2.28. The van der Waals surface area contributed by atoms with Gasteiger partial charge in [-0.1, -0.05) is 35.9 Å². The lowest BCUT2D eigenvalue weighted by molar-refractivity contribution is 0.0980. The van der Waals surface area contributed by atoms with Gasteiger partial charge in [-0.25, -0.2) is 9.97 Å². The molecule has 2 aromatic carbocycles. The minimum Gasteiger partial charge on any atom is -0.324 e. The van der Waals surface area contributed by atoms with Crippen LogP contribution in [0.5, 0.6) is 0 Å². The monoisotopic (exact) mass is 372 g/mol. The van der Waals surface area contributed by atoms with Gasteiger partial charge in [0.15, 0.2) is 0 Å².